The van der Waals surface area contributed by atoms with Crippen molar-refractivity contribution in [1.82, 2.24) is 0 Å². The Kier molecular flexibility index (Phi) is 6.64. The van der Waals surface area contributed by atoms with E-state index in [0.29, 0.717) is 23.8 Å². The minimum atomic E-state index is -0.499. The minimum Gasteiger partial charge on any atom is -0.495 e. The predicted molar refractivity (Wildman–Crippen MR) is 112 cm³/mol. The van der Waals surface area contributed by atoms with Crippen LogP contribution in [0.25, 0.3) is 6.08 Å². The molecule has 0 spiro atoms. The maximum atomic E-state index is 12.5. The predicted octanol–water partition coefficient (Wildman–Crippen LogP) is 4.82. The van der Waals surface area contributed by atoms with Gasteiger partial charge in [0, 0.05) is 0 Å². The van der Waals surface area contributed by atoms with E-state index < -0.39 is 5.91 Å². The molecule has 0 aliphatic heterocycles. The summed E-state index contributed by atoms with van der Waals surface area (Å²) in [5.74, 6) is 0.738. The molecule has 0 unspecified atom stereocenters. The summed E-state index contributed by atoms with van der Waals surface area (Å²) in [4.78, 5) is 12.5. The number of benzene rings is 3. The molecule has 3 aromatic carbocycles. The van der Waals surface area contributed by atoms with Crippen LogP contribution in [0.5, 0.6) is 11.5 Å². The van der Waals surface area contributed by atoms with Crippen molar-refractivity contribution in [2.24, 2.45) is 0 Å². The third-order valence-corrected chi connectivity index (χ3v) is 4.16. The Morgan fingerprint density at radius 3 is 2.38 bits per heavy atom. The van der Waals surface area contributed by atoms with E-state index >= 15 is 0 Å². The Labute approximate surface area is 169 Å². The van der Waals surface area contributed by atoms with Gasteiger partial charge < -0.3 is 14.8 Å². The fourth-order valence-corrected chi connectivity index (χ4v) is 2.65. The van der Waals surface area contributed by atoms with Crippen LogP contribution in [0.2, 0.25) is 0 Å². The molecule has 1 N–H and O–H groups in total. The highest BCUT2D eigenvalue weighted by atomic mass is 16.5. The second-order valence-electron chi connectivity index (χ2n) is 6.17. The smallest absolute Gasteiger partial charge is 0.266 e. The largest absolute Gasteiger partial charge is 0.495 e. The molecule has 0 aliphatic rings. The first-order valence-corrected chi connectivity index (χ1v) is 9.02. The van der Waals surface area contributed by atoms with E-state index in [4.69, 9.17) is 9.47 Å². The first-order valence-electron chi connectivity index (χ1n) is 9.02. The second kappa shape index (κ2) is 9.77. The summed E-state index contributed by atoms with van der Waals surface area (Å²) < 4.78 is 11.0. The number of nitrogens with zero attached hydrogens (tertiary/aromatic N) is 1. The van der Waals surface area contributed by atoms with Crippen LogP contribution in [0.1, 0.15) is 11.1 Å². The lowest BCUT2D eigenvalue weighted by atomic mass is 10.1. The lowest BCUT2D eigenvalue weighted by molar-refractivity contribution is -0.112. The lowest BCUT2D eigenvalue weighted by Crippen LogP contribution is -2.14. The average molecular weight is 384 g/mol. The van der Waals surface area contributed by atoms with E-state index in [1.165, 1.54) is 13.2 Å². The van der Waals surface area contributed by atoms with Gasteiger partial charge in [0.05, 0.1) is 12.8 Å². The zero-order valence-electron chi connectivity index (χ0n) is 16.0. The molecule has 1 amide bonds. The molecule has 0 aromatic heterocycles. The quantitative estimate of drug-likeness (QED) is 0.468. The molecule has 5 nitrogen and oxygen atoms in total. The number of nitriles is 1. The van der Waals surface area contributed by atoms with Crippen molar-refractivity contribution in [2.45, 2.75) is 6.61 Å². The molecule has 0 heterocycles. The summed E-state index contributed by atoms with van der Waals surface area (Å²) in [5, 5.41) is 12.1. The van der Waals surface area contributed by atoms with Crippen LogP contribution in [0, 0.1) is 11.3 Å². The van der Waals surface area contributed by atoms with Crippen LogP contribution in [0.3, 0.4) is 0 Å². The van der Waals surface area contributed by atoms with Gasteiger partial charge in [-0.15, -0.1) is 0 Å². The highest BCUT2D eigenvalue weighted by molar-refractivity contribution is 6.10. The number of para-hydroxylation sites is 2. The Balaban J connectivity index is 1.67. The number of hydrogen-bond donors (Lipinski definition) is 1. The summed E-state index contributed by atoms with van der Waals surface area (Å²) in [7, 11) is 1.52. The zero-order chi connectivity index (χ0) is 20.5. The molecule has 5 heteroatoms. The second-order valence-corrected chi connectivity index (χ2v) is 6.17. The fraction of sp³-hybridized carbons (Fsp3) is 0.0833. The van der Waals surface area contributed by atoms with Gasteiger partial charge in [-0.05, 0) is 41.5 Å². The summed E-state index contributed by atoms with van der Waals surface area (Å²) in [6, 6.07) is 26.1. The molecule has 0 atom stereocenters. The maximum Gasteiger partial charge on any atom is 0.266 e. The monoisotopic (exact) mass is 384 g/mol. The molecule has 144 valence electrons. The van der Waals surface area contributed by atoms with Crippen LogP contribution >= 0.6 is 0 Å². The Morgan fingerprint density at radius 1 is 1.00 bits per heavy atom. The Hall–Kier alpha value is -4.04. The van der Waals surface area contributed by atoms with Crippen LogP contribution in [0.15, 0.2) is 84.4 Å². The van der Waals surface area contributed by atoms with Crippen molar-refractivity contribution >= 4 is 17.7 Å². The summed E-state index contributed by atoms with van der Waals surface area (Å²) in [6.07, 6.45) is 1.53. The third-order valence-electron chi connectivity index (χ3n) is 4.16. The third kappa shape index (κ3) is 5.47. The van der Waals surface area contributed by atoms with Crippen LogP contribution in [0.4, 0.5) is 5.69 Å². The number of methoxy groups -OCH3 is 1. The summed E-state index contributed by atoms with van der Waals surface area (Å²) in [5.41, 5.74) is 2.31. The van der Waals surface area contributed by atoms with Gasteiger partial charge in [-0.25, -0.2) is 0 Å². The van der Waals surface area contributed by atoms with Gasteiger partial charge in [-0.3, -0.25) is 4.79 Å². The zero-order valence-corrected chi connectivity index (χ0v) is 16.0. The van der Waals surface area contributed by atoms with Gasteiger partial charge in [0.1, 0.15) is 29.7 Å². The molecule has 29 heavy (non-hydrogen) atoms. The molecule has 3 rings (SSSR count). The van der Waals surface area contributed by atoms with Gasteiger partial charge in [0.15, 0.2) is 0 Å². The number of hydrogen-bond acceptors (Lipinski definition) is 4. The van der Waals surface area contributed by atoms with Crippen molar-refractivity contribution in [3.05, 3.63) is 95.6 Å². The molecule has 0 radical (unpaired) electrons. The van der Waals surface area contributed by atoms with Crippen LogP contribution in [-0.4, -0.2) is 13.0 Å². The molecule has 0 saturated heterocycles. The molecular weight excluding hydrogens is 364 g/mol. The molecule has 0 saturated carbocycles. The standard InChI is InChI=1S/C24H20N2O3/c1-28-23-10-6-5-9-22(23)26-24(27)20(16-25)15-18-11-13-21(14-12-18)29-17-19-7-3-2-4-8-19/h2-15H,17H2,1H3,(H,26,27)/b20-15+. The highest BCUT2D eigenvalue weighted by Gasteiger charge is 2.12. The minimum absolute atomic E-state index is 0.00569. The van der Waals surface area contributed by atoms with Crippen molar-refractivity contribution in [3.8, 4) is 17.6 Å². The van der Waals surface area contributed by atoms with Gasteiger partial charge in [-0.2, -0.15) is 5.26 Å². The number of nitrogens with one attached hydrogen (secondary N) is 1. The SMILES string of the molecule is COc1ccccc1NC(=O)/C(C#N)=C/c1ccc(OCc2ccccc2)cc1. The average Bonchev–Trinajstić information content (AvgIpc) is 2.78. The van der Waals surface area contributed by atoms with Crippen molar-refractivity contribution < 1.29 is 14.3 Å². The number of amides is 1. The number of anilines is 1. The van der Waals surface area contributed by atoms with Crippen LogP contribution in [-0.2, 0) is 11.4 Å². The molecule has 0 bridgehead atoms. The maximum absolute atomic E-state index is 12.5. The van der Waals surface area contributed by atoms with E-state index in [9.17, 15) is 10.1 Å². The summed E-state index contributed by atoms with van der Waals surface area (Å²) in [6.45, 7) is 0.473. The fourth-order valence-electron chi connectivity index (χ4n) is 2.65. The normalized spacial score (nSPS) is 10.7. The van der Waals surface area contributed by atoms with E-state index in [1.54, 1.807) is 36.4 Å². The van der Waals surface area contributed by atoms with Crippen molar-refractivity contribution in [1.29, 1.82) is 5.26 Å². The molecule has 0 fully saturated rings. The lowest BCUT2D eigenvalue weighted by Gasteiger charge is -2.09. The Bertz CT molecular complexity index is 1040. The number of carbonyl (C=O) groups is 1. The van der Waals surface area contributed by atoms with Gasteiger partial charge >= 0.3 is 0 Å². The molecule has 0 aliphatic carbocycles. The molecule has 3 aromatic rings. The number of rotatable bonds is 7. The summed E-state index contributed by atoms with van der Waals surface area (Å²) >= 11 is 0. The van der Waals surface area contributed by atoms with Crippen LogP contribution < -0.4 is 14.8 Å². The van der Waals surface area contributed by atoms with E-state index in [0.717, 1.165) is 11.1 Å². The van der Waals surface area contributed by atoms with Crippen molar-refractivity contribution in [3.63, 3.8) is 0 Å². The van der Waals surface area contributed by atoms with Gasteiger partial charge in [0.2, 0.25) is 0 Å². The number of carbonyl (C=O) groups excluding carboxylic acids is 1. The number of ether oxygens (including phenoxy) is 2. The highest BCUT2D eigenvalue weighted by Crippen LogP contribution is 2.24. The van der Waals surface area contributed by atoms with Crippen molar-refractivity contribution in [2.75, 3.05) is 12.4 Å². The molecular formula is C24H20N2O3. The van der Waals surface area contributed by atoms with E-state index in [2.05, 4.69) is 5.32 Å². The van der Waals surface area contributed by atoms with E-state index in [1.807, 2.05) is 48.5 Å². The van der Waals surface area contributed by atoms with Gasteiger partial charge in [0.25, 0.3) is 5.91 Å². The Morgan fingerprint density at radius 2 is 1.69 bits per heavy atom. The topological polar surface area (TPSA) is 71.3 Å². The van der Waals surface area contributed by atoms with E-state index in [-0.39, 0.29) is 5.57 Å². The van der Waals surface area contributed by atoms with Gasteiger partial charge in [-0.1, -0.05) is 54.6 Å². The first-order chi connectivity index (χ1) is 14.2. The first kappa shape index (κ1) is 19.7.